The smallest absolute Gasteiger partial charge is 0.216 e. The fourth-order valence-corrected chi connectivity index (χ4v) is 2.30. The van der Waals surface area contributed by atoms with E-state index in [2.05, 4.69) is 29.1 Å². The van der Waals surface area contributed by atoms with Crippen LogP contribution in [0.3, 0.4) is 0 Å². The van der Waals surface area contributed by atoms with E-state index in [1.165, 1.54) is 0 Å². The Balaban J connectivity index is 2.36. The predicted molar refractivity (Wildman–Crippen MR) is 93.2 cm³/mol. The van der Waals surface area contributed by atoms with Gasteiger partial charge in [-0.15, -0.1) is 0 Å². The van der Waals surface area contributed by atoms with Crippen LogP contribution < -0.4 is 9.47 Å². The molecule has 23 heavy (non-hydrogen) atoms. The molecule has 0 amide bonds. The monoisotopic (exact) mass is 334 g/mol. The second-order valence-corrected chi connectivity index (χ2v) is 5.37. The van der Waals surface area contributed by atoms with Crippen LogP contribution in [0, 0.1) is 4.77 Å². The number of rotatable bonds is 8. The lowest BCUT2D eigenvalue weighted by atomic mass is 10.2. The number of nitrogens with one attached hydrogen (secondary N) is 1. The van der Waals surface area contributed by atoms with Gasteiger partial charge in [0.25, 0.3) is 0 Å². The number of methoxy groups -OCH3 is 1. The molecule has 1 heterocycles. The topological polar surface area (TPSA) is 64.4 Å². The molecule has 0 aliphatic heterocycles. The normalized spacial score (nSPS) is 11.1. The number of hydrogen-bond acceptors (Lipinski definition) is 5. The minimum atomic E-state index is 0.476. The molecule has 0 radical (unpaired) electrons. The Morgan fingerprint density at radius 2 is 2.17 bits per heavy atom. The third kappa shape index (κ3) is 4.19. The number of para-hydroxylation sites is 1. The van der Waals surface area contributed by atoms with Gasteiger partial charge in [0, 0.05) is 12.0 Å². The Labute approximate surface area is 141 Å². The molecule has 2 rings (SSSR count). The van der Waals surface area contributed by atoms with Crippen molar-refractivity contribution in [3.8, 4) is 11.5 Å². The van der Waals surface area contributed by atoms with Crippen LogP contribution in [0.25, 0.3) is 0 Å². The van der Waals surface area contributed by atoms with E-state index in [1.54, 1.807) is 18.0 Å². The summed E-state index contributed by atoms with van der Waals surface area (Å²) in [5.41, 5.74) is 0.836. The van der Waals surface area contributed by atoms with Crippen LogP contribution in [-0.4, -0.2) is 34.8 Å². The quantitative estimate of drug-likeness (QED) is 0.592. The van der Waals surface area contributed by atoms with Crippen LogP contribution >= 0.6 is 12.2 Å². The van der Waals surface area contributed by atoms with Crippen molar-refractivity contribution in [2.24, 2.45) is 5.10 Å². The third-order valence-corrected chi connectivity index (χ3v) is 3.45. The molecule has 0 atom stereocenters. The van der Waals surface area contributed by atoms with Crippen molar-refractivity contribution in [2.45, 2.75) is 33.1 Å². The van der Waals surface area contributed by atoms with Gasteiger partial charge in [0.2, 0.25) is 4.77 Å². The highest BCUT2D eigenvalue weighted by molar-refractivity contribution is 7.71. The van der Waals surface area contributed by atoms with Crippen molar-refractivity contribution < 1.29 is 9.47 Å². The summed E-state index contributed by atoms with van der Waals surface area (Å²) in [6.45, 7) is 4.77. The first-order chi connectivity index (χ1) is 11.2. The standard InChI is InChI=1S/C16H22N4O2S/c1-4-7-14-18-19-16(23)20(14)17-11-12-8-6-9-13(21-3)15(12)22-10-5-2/h6,8-9,11H,4-5,7,10H2,1-3H3,(H,19,23)/b17-11+. The lowest BCUT2D eigenvalue weighted by Gasteiger charge is -2.12. The fraction of sp³-hybridized carbons (Fsp3) is 0.438. The zero-order valence-corrected chi connectivity index (χ0v) is 14.5. The lowest BCUT2D eigenvalue weighted by Crippen LogP contribution is -2.03. The number of aromatic amines is 1. The van der Waals surface area contributed by atoms with E-state index in [-0.39, 0.29) is 0 Å². The molecule has 0 fully saturated rings. The van der Waals surface area contributed by atoms with Crippen molar-refractivity contribution in [2.75, 3.05) is 13.7 Å². The average molecular weight is 334 g/mol. The van der Waals surface area contributed by atoms with Crippen LogP contribution in [0.15, 0.2) is 23.3 Å². The molecular weight excluding hydrogens is 312 g/mol. The van der Waals surface area contributed by atoms with Crippen molar-refractivity contribution in [1.82, 2.24) is 14.9 Å². The maximum absolute atomic E-state index is 5.81. The molecule has 7 heteroatoms. The van der Waals surface area contributed by atoms with Gasteiger partial charge < -0.3 is 9.47 Å². The number of H-pyrrole nitrogens is 1. The summed E-state index contributed by atoms with van der Waals surface area (Å²) < 4.78 is 13.3. The van der Waals surface area contributed by atoms with E-state index in [4.69, 9.17) is 21.7 Å². The van der Waals surface area contributed by atoms with Gasteiger partial charge in [0.15, 0.2) is 17.3 Å². The molecule has 0 saturated carbocycles. The van der Waals surface area contributed by atoms with Gasteiger partial charge in [-0.2, -0.15) is 14.9 Å². The Bertz CT molecular complexity index is 721. The van der Waals surface area contributed by atoms with Gasteiger partial charge in [-0.05, 0) is 37.2 Å². The molecule has 124 valence electrons. The Hall–Kier alpha value is -2.15. The maximum Gasteiger partial charge on any atom is 0.216 e. The molecule has 0 spiro atoms. The largest absolute Gasteiger partial charge is 0.493 e. The van der Waals surface area contributed by atoms with Crippen LogP contribution in [0.2, 0.25) is 0 Å². The van der Waals surface area contributed by atoms with Gasteiger partial charge in [0.05, 0.1) is 19.9 Å². The minimum Gasteiger partial charge on any atom is -0.493 e. The van der Waals surface area contributed by atoms with Crippen molar-refractivity contribution in [3.05, 3.63) is 34.4 Å². The van der Waals surface area contributed by atoms with Crippen molar-refractivity contribution in [1.29, 1.82) is 0 Å². The Kier molecular flexibility index (Phi) is 6.34. The van der Waals surface area contributed by atoms with Gasteiger partial charge >= 0.3 is 0 Å². The number of aromatic nitrogens is 3. The molecule has 1 aromatic carbocycles. The molecule has 6 nitrogen and oxygen atoms in total. The number of ether oxygens (including phenoxy) is 2. The number of aryl methyl sites for hydroxylation is 1. The van der Waals surface area contributed by atoms with Gasteiger partial charge in [0.1, 0.15) is 0 Å². The molecule has 1 N–H and O–H groups in total. The molecule has 0 unspecified atom stereocenters. The molecular formula is C16H22N4O2S. The van der Waals surface area contributed by atoms with E-state index < -0.39 is 0 Å². The first-order valence-electron chi connectivity index (χ1n) is 7.71. The van der Waals surface area contributed by atoms with Gasteiger partial charge in [-0.1, -0.05) is 19.9 Å². The number of benzene rings is 1. The summed E-state index contributed by atoms with van der Waals surface area (Å²) in [6, 6.07) is 5.70. The summed E-state index contributed by atoms with van der Waals surface area (Å²) >= 11 is 5.23. The minimum absolute atomic E-state index is 0.476. The Morgan fingerprint density at radius 1 is 1.35 bits per heavy atom. The molecule has 0 saturated heterocycles. The second-order valence-electron chi connectivity index (χ2n) is 4.98. The highest BCUT2D eigenvalue weighted by Gasteiger charge is 2.09. The first-order valence-corrected chi connectivity index (χ1v) is 8.12. The Morgan fingerprint density at radius 3 is 2.87 bits per heavy atom. The number of nitrogens with zero attached hydrogens (tertiary/aromatic N) is 3. The average Bonchev–Trinajstić information content (AvgIpc) is 2.91. The van der Waals surface area contributed by atoms with E-state index in [0.717, 1.165) is 30.7 Å². The van der Waals surface area contributed by atoms with Crippen LogP contribution in [0.5, 0.6) is 11.5 Å². The summed E-state index contributed by atoms with van der Waals surface area (Å²) in [5, 5.41) is 11.4. The molecule has 0 bridgehead atoms. The van der Waals surface area contributed by atoms with Gasteiger partial charge in [-0.25, -0.2) is 0 Å². The highest BCUT2D eigenvalue weighted by Crippen LogP contribution is 2.30. The molecule has 2 aromatic rings. The van der Waals surface area contributed by atoms with E-state index in [1.807, 2.05) is 18.2 Å². The second kappa shape index (κ2) is 8.47. The zero-order valence-electron chi connectivity index (χ0n) is 13.7. The highest BCUT2D eigenvalue weighted by atomic mass is 32.1. The van der Waals surface area contributed by atoms with Crippen LogP contribution in [-0.2, 0) is 6.42 Å². The summed E-state index contributed by atoms with van der Waals surface area (Å²) in [4.78, 5) is 0. The summed E-state index contributed by atoms with van der Waals surface area (Å²) in [7, 11) is 1.63. The SMILES string of the molecule is CCCOc1c(/C=N/n2c(CCC)n[nH]c2=S)cccc1OC. The van der Waals surface area contributed by atoms with Crippen molar-refractivity contribution >= 4 is 18.4 Å². The predicted octanol–water partition coefficient (Wildman–Crippen LogP) is 3.57. The van der Waals surface area contributed by atoms with Gasteiger partial charge in [-0.3, -0.25) is 5.10 Å². The van der Waals surface area contributed by atoms with E-state index in [9.17, 15) is 0 Å². The summed E-state index contributed by atoms with van der Waals surface area (Å²) in [5.74, 6) is 2.19. The first kappa shape index (κ1) is 17.2. The van der Waals surface area contributed by atoms with Crippen molar-refractivity contribution in [3.63, 3.8) is 0 Å². The lowest BCUT2D eigenvalue weighted by molar-refractivity contribution is 0.294. The maximum atomic E-state index is 5.81. The van der Waals surface area contributed by atoms with Crippen LogP contribution in [0.4, 0.5) is 0 Å². The number of hydrogen-bond donors (Lipinski definition) is 1. The van der Waals surface area contributed by atoms with Crippen LogP contribution in [0.1, 0.15) is 38.1 Å². The zero-order chi connectivity index (χ0) is 16.7. The third-order valence-electron chi connectivity index (χ3n) is 3.18. The molecule has 0 aliphatic rings. The van der Waals surface area contributed by atoms with E-state index >= 15 is 0 Å². The molecule has 0 aliphatic carbocycles. The summed E-state index contributed by atoms with van der Waals surface area (Å²) in [6.07, 6.45) is 4.42. The molecule has 1 aromatic heterocycles. The fourth-order valence-electron chi connectivity index (χ4n) is 2.10. The van der Waals surface area contributed by atoms with E-state index in [0.29, 0.717) is 22.9 Å².